The van der Waals surface area contributed by atoms with E-state index in [0.717, 1.165) is 36.1 Å². The summed E-state index contributed by atoms with van der Waals surface area (Å²) >= 11 is 1.24. The van der Waals surface area contributed by atoms with Crippen LogP contribution in [0.25, 0.3) is 10.4 Å². The SMILES string of the molecule is CC1CCC(N(C(=O)C2CCC(O)CC2)c2cc(-c3ccccc3)sc2C(=O)O)CC1. The van der Waals surface area contributed by atoms with Crippen LogP contribution in [-0.2, 0) is 4.79 Å². The molecule has 5 nitrogen and oxygen atoms in total. The van der Waals surface area contributed by atoms with E-state index in [2.05, 4.69) is 6.92 Å². The Labute approximate surface area is 187 Å². The van der Waals surface area contributed by atoms with E-state index >= 15 is 0 Å². The van der Waals surface area contributed by atoms with Gasteiger partial charge in [-0.1, -0.05) is 37.3 Å². The van der Waals surface area contributed by atoms with Gasteiger partial charge in [-0.05, 0) is 68.9 Å². The molecule has 0 spiro atoms. The lowest BCUT2D eigenvalue weighted by Crippen LogP contribution is -2.46. The first-order chi connectivity index (χ1) is 14.9. The fourth-order valence-electron chi connectivity index (χ4n) is 4.97. The predicted octanol–water partition coefficient (Wildman–Crippen LogP) is 5.58. The smallest absolute Gasteiger partial charge is 0.348 e. The highest BCUT2D eigenvalue weighted by molar-refractivity contribution is 7.18. The van der Waals surface area contributed by atoms with Crippen molar-refractivity contribution in [3.8, 4) is 10.4 Å². The number of hydrogen-bond donors (Lipinski definition) is 2. The molecule has 2 saturated carbocycles. The highest BCUT2D eigenvalue weighted by Gasteiger charge is 2.37. The van der Waals surface area contributed by atoms with Gasteiger partial charge in [-0.15, -0.1) is 11.3 Å². The molecule has 0 aliphatic heterocycles. The summed E-state index contributed by atoms with van der Waals surface area (Å²) in [5, 5.41) is 19.9. The second-order valence-corrected chi connectivity index (χ2v) is 10.2. The lowest BCUT2D eigenvalue weighted by atomic mass is 9.83. The maximum atomic E-state index is 13.8. The molecular weight excluding hydrogens is 410 g/mol. The van der Waals surface area contributed by atoms with Crippen LogP contribution in [0.5, 0.6) is 0 Å². The first-order valence-electron chi connectivity index (χ1n) is 11.4. The summed E-state index contributed by atoms with van der Waals surface area (Å²) in [5.74, 6) is -0.460. The van der Waals surface area contributed by atoms with Crippen molar-refractivity contribution in [2.45, 2.75) is 70.4 Å². The molecule has 6 heteroatoms. The molecule has 2 aliphatic carbocycles. The summed E-state index contributed by atoms with van der Waals surface area (Å²) in [6.45, 7) is 2.24. The van der Waals surface area contributed by atoms with Crippen molar-refractivity contribution in [2.75, 3.05) is 4.90 Å². The summed E-state index contributed by atoms with van der Waals surface area (Å²) in [6.07, 6.45) is 6.18. The zero-order valence-corrected chi connectivity index (χ0v) is 18.8. The quantitative estimate of drug-likeness (QED) is 0.635. The standard InChI is InChI=1S/C25H31NO4S/c1-16-7-11-19(12-8-16)26(24(28)18-9-13-20(27)14-10-18)21-15-22(31-23(21)25(29)30)17-5-3-2-4-6-17/h2-6,15-16,18-20,27H,7-14H2,1H3,(H,29,30). The van der Waals surface area contributed by atoms with Gasteiger partial charge in [-0.25, -0.2) is 4.79 Å². The van der Waals surface area contributed by atoms with E-state index in [0.29, 0.717) is 37.3 Å². The number of carbonyl (C=O) groups is 2. The second-order valence-electron chi connectivity index (χ2n) is 9.12. The minimum Gasteiger partial charge on any atom is -0.477 e. The lowest BCUT2D eigenvalue weighted by molar-refractivity contribution is -0.124. The number of amides is 1. The van der Waals surface area contributed by atoms with E-state index in [1.54, 1.807) is 0 Å². The molecule has 2 fully saturated rings. The van der Waals surface area contributed by atoms with Crippen LogP contribution in [0, 0.1) is 11.8 Å². The number of carbonyl (C=O) groups excluding carboxylic acids is 1. The molecule has 0 saturated heterocycles. The maximum absolute atomic E-state index is 13.8. The summed E-state index contributed by atoms with van der Waals surface area (Å²) in [4.78, 5) is 28.9. The van der Waals surface area contributed by atoms with Crippen LogP contribution in [0.1, 0.15) is 68.0 Å². The zero-order chi connectivity index (χ0) is 22.0. The lowest BCUT2D eigenvalue weighted by Gasteiger charge is -2.39. The number of thiophene rings is 1. The molecule has 31 heavy (non-hydrogen) atoms. The van der Waals surface area contributed by atoms with Gasteiger partial charge in [0.25, 0.3) is 0 Å². The summed E-state index contributed by atoms with van der Waals surface area (Å²) in [7, 11) is 0. The molecule has 1 amide bonds. The highest BCUT2D eigenvalue weighted by atomic mass is 32.1. The van der Waals surface area contributed by atoms with E-state index in [1.807, 2.05) is 41.3 Å². The second kappa shape index (κ2) is 9.53. The first kappa shape index (κ1) is 22.0. The fourth-order valence-corrected chi connectivity index (χ4v) is 5.97. The summed E-state index contributed by atoms with van der Waals surface area (Å²) in [6, 6.07) is 11.7. The minimum absolute atomic E-state index is 0.0337. The molecular formula is C25H31NO4S. The Bertz CT molecular complexity index is 909. The van der Waals surface area contributed by atoms with Gasteiger partial charge >= 0.3 is 5.97 Å². The van der Waals surface area contributed by atoms with E-state index in [-0.39, 0.29) is 28.8 Å². The monoisotopic (exact) mass is 441 g/mol. The molecule has 1 aromatic carbocycles. The number of nitrogens with zero attached hydrogens (tertiary/aromatic N) is 1. The highest BCUT2D eigenvalue weighted by Crippen LogP contribution is 2.41. The van der Waals surface area contributed by atoms with Gasteiger partial charge in [0.2, 0.25) is 5.91 Å². The minimum atomic E-state index is -0.983. The number of aliphatic hydroxyl groups excluding tert-OH is 1. The van der Waals surface area contributed by atoms with Gasteiger partial charge in [0.15, 0.2) is 0 Å². The van der Waals surface area contributed by atoms with Crippen molar-refractivity contribution < 1.29 is 19.8 Å². The molecule has 1 heterocycles. The molecule has 0 atom stereocenters. The summed E-state index contributed by atoms with van der Waals surface area (Å²) < 4.78 is 0. The van der Waals surface area contributed by atoms with Gasteiger partial charge in [0.1, 0.15) is 4.88 Å². The molecule has 0 radical (unpaired) electrons. The first-order valence-corrected chi connectivity index (χ1v) is 12.2. The van der Waals surface area contributed by atoms with E-state index in [4.69, 9.17) is 0 Å². The molecule has 2 aromatic rings. The molecule has 0 unspecified atom stereocenters. The Morgan fingerprint density at radius 1 is 0.968 bits per heavy atom. The van der Waals surface area contributed by atoms with E-state index in [1.165, 1.54) is 11.3 Å². The third-order valence-electron chi connectivity index (χ3n) is 6.86. The molecule has 4 rings (SSSR count). The summed E-state index contributed by atoms with van der Waals surface area (Å²) in [5.41, 5.74) is 1.51. The molecule has 2 N–H and O–H groups in total. The number of aromatic carboxylic acids is 1. The maximum Gasteiger partial charge on any atom is 0.348 e. The van der Waals surface area contributed by atoms with Crippen LogP contribution >= 0.6 is 11.3 Å². The van der Waals surface area contributed by atoms with Gasteiger partial charge in [0.05, 0.1) is 11.8 Å². The third-order valence-corrected chi connectivity index (χ3v) is 8.02. The Morgan fingerprint density at radius 2 is 1.61 bits per heavy atom. The van der Waals surface area contributed by atoms with Crippen LogP contribution in [0.3, 0.4) is 0 Å². The topological polar surface area (TPSA) is 77.8 Å². The van der Waals surface area contributed by atoms with Crippen molar-refractivity contribution in [3.05, 3.63) is 41.3 Å². The fraction of sp³-hybridized carbons (Fsp3) is 0.520. The van der Waals surface area contributed by atoms with Gasteiger partial charge in [-0.2, -0.15) is 0 Å². The predicted molar refractivity (Wildman–Crippen MR) is 124 cm³/mol. The Morgan fingerprint density at radius 3 is 2.23 bits per heavy atom. The molecule has 2 aliphatic rings. The van der Waals surface area contributed by atoms with Crippen molar-refractivity contribution in [1.82, 2.24) is 0 Å². The van der Waals surface area contributed by atoms with E-state index < -0.39 is 5.97 Å². The van der Waals surface area contributed by atoms with Crippen LogP contribution in [0.4, 0.5) is 5.69 Å². The number of aliphatic hydroxyl groups is 1. The number of anilines is 1. The van der Waals surface area contributed by atoms with Gasteiger partial charge in [-0.3, -0.25) is 4.79 Å². The molecule has 1 aromatic heterocycles. The van der Waals surface area contributed by atoms with Crippen molar-refractivity contribution in [2.24, 2.45) is 11.8 Å². The van der Waals surface area contributed by atoms with E-state index in [9.17, 15) is 19.8 Å². The van der Waals surface area contributed by atoms with Crippen LogP contribution in [-0.4, -0.2) is 34.2 Å². The third kappa shape index (κ3) is 4.85. The van der Waals surface area contributed by atoms with Crippen molar-refractivity contribution >= 4 is 28.9 Å². The van der Waals surface area contributed by atoms with Crippen molar-refractivity contribution in [1.29, 1.82) is 0 Å². The normalized spacial score (nSPS) is 26.4. The average Bonchev–Trinajstić information content (AvgIpc) is 3.22. The molecule has 166 valence electrons. The number of benzene rings is 1. The van der Waals surface area contributed by atoms with Crippen molar-refractivity contribution in [3.63, 3.8) is 0 Å². The van der Waals surface area contributed by atoms with Gasteiger partial charge in [0, 0.05) is 16.8 Å². The number of carboxylic acid groups (broad SMARTS) is 1. The average molecular weight is 442 g/mol. The Kier molecular flexibility index (Phi) is 6.77. The number of carboxylic acids is 1. The molecule has 0 bridgehead atoms. The Balaban J connectivity index is 1.73. The van der Waals surface area contributed by atoms with Gasteiger partial charge < -0.3 is 15.1 Å². The van der Waals surface area contributed by atoms with Crippen LogP contribution in [0.15, 0.2) is 36.4 Å². The van der Waals surface area contributed by atoms with Crippen LogP contribution < -0.4 is 4.90 Å². The Hall–Kier alpha value is -2.18. The number of hydrogen-bond acceptors (Lipinski definition) is 4. The number of rotatable bonds is 5. The van der Waals surface area contributed by atoms with Crippen LogP contribution in [0.2, 0.25) is 0 Å². The zero-order valence-electron chi connectivity index (χ0n) is 18.0. The largest absolute Gasteiger partial charge is 0.477 e.